The van der Waals surface area contributed by atoms with Gasteiger partial charge in [-0.3, -0.25) is 15.6 Å². The van der Waals surface area contributed by atoms with Crippen molar-refractivity contribution in [3.63, 3.8) is 0 Å². The Hall–Kier alpha value is -0.410. The van der Waals surface area contributed by atoms with Crippen molar-refractivity contribution < 1.29 is 4.79 Å². The van der Waals surface area contributed by atoms with Crippen molar-refractivity contribution in [2.45, 2.75) is 31.7 Å². The van der Waals surface area contributed by atoms with Gasteiger partial charge in [0.05, 0.1) is 6.54 Å². The summed E-state index contributed by atoms with van der Waals surface area (Å²) in [6, 6.07) is 0.421. The molecule has 2 unspecified atom stereocenters. The molecule has 0 aromatic heterocycles. The molecule has 3 heteroatoms. The minimum absolute atomic E-state index is 0.310. The molecular formula is C8H14N2O. The SMILES string of the molecule is O=C1CNNC2CCCCC12. The van der Waals surface area contributed by atoms with Crippen molar-refractivity contribution in [3.8, 4) is 0 Å². The molecule has 0 aromatic carbocycles. The summed E-state index contributed by atoms with van der Waals surface area (Å²) in [5.74, 6) is 0.707. The lowest BCUT2D eigenvalue weighted by molar-refractivity contribution is -0.126. The number of ketones is 1. The van der Waals surface area contributed by atoms with Crippen LogP contribution in [-0.4, -0.2) is 18.4 Å². The number of hydrogen-bond donors (Lipinski definition) is 2. The van der Waals surface area contributed by atoms with Crippen molar-refractivity contribution in [2.24, 2.45) is 5.92 Å². The third-order valence-electron chi connectivity index (χ3n) is 2.73. The zero-order valence-corrected chi connectivity index (χ0v) is 6.60. The normalized spacial score (nSPS) is 38.4. The van der Waals surface area contributed by atoms with Gasteiger partial charge in [-0.15, -0.1) is 0 Å². The van der Waals surface area contributed by atoms with E-state index in [0.29, 0.717) is 24.3 Å². The molecule has 2 N–H and O–H groups in total. The molecule has 2 rings (SSSR count). The van der Waals surface area contributed by atoms with Crippen LogP contribution < -0.4 is 10.9 Å². The summed E-state index contributed by atoms with van der Waals surface area (Å²) in [7, 11) is 0. The van der Waals surface area contributed by atoms with Crippen molar-refractivity contribution in [3.05, 3.63) is 0 Å². The summed E-state index contributed by atoms with van der Waals surface area (Å²) >= 11 is 0. The standard InChI is InChI=1S/C8H14N2O/c11-8-5-9-10-7-4-2-1-3-6(7)8/h6-7,9-10H,1-5H2. The Labute approximate surface area is 66.5 Å². The Morgan fingerprint density at radius 1 is 1.27 bits per heavy atom. The molecule has 62 valence electrons. The molecule has 1 heterocycles. The Morgan fingerprint density at radius 3 is 2.91 bits per heavy atom. The summed E-state index contributed by atoms with van der Waals surface area (Å²) in [6.45, 7) is 0.515. The van der Waals surface area contributed by atoms with Crippen LogP contribution in [0.5, 0.6) is 0 Å². The van der Waals surface area contributed by atoms with Crippen molar-refractivity contribution in [2.75, 3.05) is 6.54 Å². The van der Waals surface area contributed by atoms with E-state index in [1.807, 2.05) is 0 Å². The predicted octanol–water partition coefficient (Wildman–Crippen LogP) is 0.222. The van der Waals surface area contributed by atoms with Gasteiger partial charge in [0.1, 0.15) is 0 Å². The van der Waals surface area contributed by atoms with Gasteiger partial charge in [0.2, 0.25) is 0 Å². The zero-order valence-electron chi connectivity index (χ0n) is 6.60. The van der Waals surface area contributed by atoms with Gasteiger partial charge in [0.15, 0.2) is 5.78 Å². The van der Waals surface area contributed by atoms with Crippen LogP contribution in [-0.2, 0) is 4.79 Å². The van der Waals surface area contributed by atoms with Gasteiger partial charge in [-0.1, -0.05) is 12.8 Å². The maximum Gasteiger partial charge on any atom is 0.152 e. The van der Waals surface area contributed by atoms with Crippen LogP contribution in [0.25, 0.3) is 0 Å². The lowest BCUT2D eigenvalue weighted by Gasteiger charge is -2.35. The molecule has 2 fully saturated rings. The van der Waals surface area contributed by atoms with E-state index in [9.17, 15) is 4.79 Å². The lowest BCUT2D eigenvalue weighted by atomic mass is 9.81. The third-order valence-corrected chi connectivity index (χ3v) is 2.73. The van der Waals surface area contributed by atoms with Gasteiger partial charge in [-0.05, 0) is 12.8 Å². The molecular weight excluding hydrogens is 140 g/mol. The topological polar surface area (TPSA) is 41.1 Å². The fourth-order valence-corrected chi connectivity index (χ4v) is 2.09. The smallest absolute Gasteiger partial charge is 0.152 e. The minimum atomic E-state index is 0.310. The van der Waals surface area contributed by atoms with Crippen LogP contribution >= 0.6 is 0 Å². The van der Waals surface area contributed by atoms with E-state index < -0.39 is 0 Å². The second-order valence-corrected chi connectivity index (χ2v) is 3.46. The number of Topliss-reactive ketones (excluding diaryl/α,β-unsaturated/α-hetero) is 1. The average Bonchev–Trinajstić information content (AvgIpc) is 2.06. The highest BCUT2D eigenvalue weighted by Crippen LogP contribution is 2.25. The van der Waals surface area contributed by atoms with Crippen LogP contribution in [0, 0.1) is 5.92 Å². The molecule has 2 atom stereocenters. The number of hydrogen-bond acceptors (Lipinski definition) is 3. The molecule has 1 aliphatic carbocycles. The summed E-state index contributed by atoms with van der Waals surface area (Å²) in [6.07, 6.45) is 4.75. The Kier molecular flexibility index (Phi) is 1.92. The highest BCUT2D eigenvalue weighted by Gasteiger charge is 2.32. The first kappa shape index (κ1) is 7.25. The number of nitrogens with one attached hydrogen (secondary N) is 2. The fourth-order valence-electron chi connectivity index (χ4n) is 2.09. The predicted molar refractivity (Wildman–Crippen MR) is 41.9 cm³/mol. The van der Waals surface area contributed by atoms with Gasteiger partial charge in [0, 0.05) is 12.0 Å². The molecule has 1 saturated heterocycles. The average molecular weight is 154 g/mol. The number of fused-ring (bicyclic) bond motifs is 1. The second kappa shape index (κ2) is 2.91. The summed E-state index contributed by atoms with van der Waals surface area (Å²) < 4.78 is 0. The Balaban J connectivity index is 2.05. The molecule has 0 spiro atoms. The summed E-state index contributed by atoms with van der Waals surface area (Å²) in [5.41, 5.74) is 6.11. The first-order chi connectivity index (χ1) is 5.38. The number of rotatable bonds is 0. The van der Waals surface area contributed by atoms with Crippen molar-refractivity contribution in [1.82, 2.24) is 10.9 Å². The quantitative estimate of drug-likeness (QED) is 0.524. The van der Waals surface area contributed by atoms with Crippen LogP contribution in [0.15, 0.2) is 0 Å². The van der Waals surface area contributed by atoms with E-state index >= 15 is 0 Å². The molecule has 11 heavy (non-hydrogen) atoms. The maximum atomic E-state index is 11.3. The largest absolute Gasteiger partial charge is 0.298 e. The molecule has 0 radical (unpaired) electrons. The van der Waals surface area contributed by atoms with Gasteiger partial charge in [-0.25, -0.2) is 0 Å². The highest BCUT2D eigenvalue weighted by molar-refractivity contribution is 5.84. The molecule has 2 aliphatic rings. The first-order valence-corrected chi connectivity index (χ1v) is 4.39. The van der Waals surface area contributed by atoms with Crippen molar-refractivity contribution >= 4 is 5.78 Å². The zero-order chi connectivity index (χ0) is 7.68. The van der Waals surface area contributed by atoms with Crippen molar-refractivity contribution in [1.29, 1.82) is 0 Å². The van der Waals surface area contributed by atoms with Gasteiger partial charge < -0.3 is 0 Å². The van der Waals surface area contributed by atoms with Gasteiger partial charge in [-0.2, -0.15) is 0 Å². The van der Waals surface area contributed by atoms with E-state index in [-0.39, 0.29) is 0 Å². The molecule has 1 aliphatic heterocycles. The van der Waals surface area contributed by atoms with E-state index in [1.54, 1.807) is 0 Å². The summed E-state index contributed by atoms with van der Waals surface area (Å²) in [4.78, 5) is 11.3. The van der Waals surface area contributed by atoms with E-state index in [0.717, 1.165) is 12.8 Å². The van der Waals surface area contributed by atoms with Gasteiger partial charge in [0.25, 0.3) is 0 Å². The Morgan fingerprint density at radius 2 is 2.09 bits per heavy atom. The third kappa shape index (κ3) is 1.30. The second-order valence-electron chi connectivity index (χ2n) is 3.46. The number of carbonyl (C=O) groups excluding carboxylic acids is 1. The van der Waals surface area contributed by atoms with E-state index in [4.69, 9.17) is 0 Å². The molecule has 0 amide bonds. The first-order valence-electron chi connectivity index (χ1n) is 4.39. The summed E-state index contributed by atoms with van der Waals surface area (Å²) in [5, 5.41) is 0. The Bertz CT molecular complexity index is 167. The monoisotopic (exact) mass is 154 g/mol. The van der Waals surface area contributed by atoms with E-state index in [2.05, 4.69) is 10.9 Å². The van der Waals surface area contributed by atoms with Crippen LogP contribution in [0.3, 0.4) is 0 Å². The van der Waals surface area contributed by atoms with Crippen LogP contribution in [0.1, 0.15) is 25.7 Å². The maximum absolute atomic E-state index is 11.3. The number of carbonyl (C=O) groups is 1. The number of hydrazine groups is 1. The van der Waals surface area contributed by atoms with Gasteiger partial charge >= 0.3 is 0 Å². The molecule has 0 aromatic rings. The molecule has 1 saturated carbocycles. The fraction of sp³-hybridized carbons (Fsp3) is 0.875. The van der Waals surface area contributed by atoms with Crippen LogP contribution in [0.4, 0.5) is 0 Å². The lowest BCUT2D eigenvalue weighted by Crippen LogP contribution is -2.56. The minimum Gasteiger partial charge on any atom is -0.298 e. The van der Waals surface area contributed by atoms with Crippen LogP contribution in [0.2, 0.25) is 0 Å². The van der Waals surface area contributed by atoms with E-state index in [1.165, 1.54) is 12.8 Å². The highest BCUT2D eigenvalue weighted by atomic mass is 16.1. The molecule has 3 nitrogen and oxygen atoms in total. The molecule has 0 bridgehead atoms.